The summed E-state index contributed by atoms with van der Waals surface area (Å²) >= 11 is 0. The summed E-state index contributed by atoms with van der Waals surface area (Å²) in [5.41, 5.74) is 0.924. The van der Waals surface area contributed by atoms with Gasteiger partial charge >= 0.3 is 7.32 Å². The molecule has 0 saturated carbocycles. The van der Waals surface area contributed by atoms with E-state index >= 15 is 0 Å². The molecule has 0 aliphatic carbocycles. The molecule has 2 N–H and O–H groups in total. The molecule has 0 unspecified atom stereocenters. The molecular formula is C11H17BO3. The molecule has 3 nitrogen and oxygen atoms in total. The van der Waals surface area contributed by atoms with Crippen LogP contribution >= 0.6 is 0 Å². The van der Waals surface area contributed by atoms with Gasteiger partial charge in [-0.1, -0.05) is 18.2 Å². The van der Waals surface area contributed by atoms with Crippen LogP contribution in [-0.2, 0) is 4.65 Å². The SMILES string of the molecule is C=CCC(CC=C)=C(CC=C)OB(O)O. The first kappa shape index (κ1) is 13.7. The maximum Gasteiger partial charge on any atom is 0.707 e. The molecule has 0 spiro atoms. The van der Waals surface area contributed by atoms with E-state index in [0.29, 0.717) is 25.0 Å². The molecule has 0 aromatic rings. The number of hydrogen-bond donors (Lipinski definition) is 2. The molecular weight excluding hydrogens is 191 g/mol. The van der Waals surface area contributed by atoms with Gasteiger partial charge in [-0.2, -0.15) is 0 Å². The van der Waals surface area contributed by atoms with Crippen LogP contribution < -0.4 is 0 Å². The van der Waals surface area contributed by atoms with Gasteiger partial charge in [-0.3, -0.25) is 0 Å². The largest absolute Gasteiger partial charge is 0.707 e. The predicted molar refractivity (Wildman–Crippen MR) is 62.7 cm³/mol. The Labute approximate surface area is 91.3 Å². The third-order valence-electron chi connectivity index (χ3n) is 1.75. The molecule has 0 atom stereocenters. The fraction of sp³-hybridized carbons (Fsp3) is 0.273. The van der Waals surface area contributed by atoms with Gasteiger partial charge in [0.1, 0.15) is 0 Å². The fourth-order valence-corrected chi connectivity index (χ4v) is 1.19. The highest BCUT2D eigenvalue weighted by Gasteiger charge is 2.15. The Balaban J connectivity index is 4.83. The van der Waals surface area contributed by atoms with Gasteiger partial charge < -0.3 is 14.7 Å². The predicted octanol–water partition coefficient (Wildman–Crippen LogP) is 1.95. The van der Waals surface area contributed by atoms with Gasteiger partial charge in [-0.05, 0) is 18.4 Å². The minimum atomic E-state index is -1.80. The lowest BCUT2D eigenvalue weighted by molar-refractivity contribution is 0.231. The lowest BCUT2D eigenvalue weighted by Gasteiger charge is -2.13. The van der Waals surface area contributed by atoms with Gasteiger partial charge in [0.25, 0.3) is 0 Å². The van der Waals surface area contributed by atoms with Crippen molar-refractivity contribution in [1.29, 1.82) is 0 Å². The van der Waals surface area contributed by atoms with Crippen LogP contribution in [0.2, 0.25) is 0 Å². The smallest absolute Gasteiger partial charge is 0.515 e. The average molecular weight is 208 g/mol. The van der Waals surface area contributed by atoms with Gasteiger partial charge in [0, 0.05) is 6.42 Å². The summed E-state index contributed by atoms with van der Waals surface area (Å²) in [4.78, 5) is 0. The van der Waals surface area contributed by atoms with Crippen molar-refractivity contribution in [3.63, 3.8) is 0 Å². The van der Waals surface area contributed by atoms with Crippen LogP contribution in [0.15, 0.2) is 49.3 Å². The molecule has 0 fully saturated rings. The first-order chi connectivity index (χ1) is 7.15. The summed E-state index contributed by atoms with van der Waals surface area (Å²) in [5.74, 6) is 0.514. The van der Waals surface area contributed by atoms with E-state index in [-0.39, 0.29) is 0 Å². The average Bonchev–Trinajstić information content (AvgIpc) is 2.16. The molecule has 0 heterocycles. The molecule has 82 valence electrons. The van der Waals surface area contributed by atoms with E-state index in [2.05, 4.69) is 19.7 Å². The van der Waals surface area contributed by atoms with E-state index < -0.39 is 7.32 Å². The number of rotatable bonds is 8. The Bertz CT molecular complexity index is 245. The van der Waals surface area contributed by atoms with Crippen molar-refractivity contribution < 1.29 is 14.7 Å². The molecule has 0 aromatic heterocycles. The van der Waals surface area contributed by atoms with Crippen LogP contribution in [0.25, 0.3) is 0 Å². The van der Waals surface area contributed by atoms with Crippen LogP contribution in [0, 0.1) is 0 Å². The molecule has 4 heteroatoms. The molecule has 0 bridgehead atoms. The van der Waals surface area contributed by atoms with Crippen LogP contribution in [0.5, 0.6) is 0 Å². The van der Waals surface area contributed by atoms with Crippen molar-refractivity contribution >= 4 is 7.32 Å². The van der Waals surface area contributed by atoms with Crippen molar-refractivity contribution in [2.24, 2.45) is 0 Å². The second kappa shape index (κ2) is 8.09. The topological polar surface area (TPSA) is 49.7 Å². The van der Waals surface area contributed by atoms with E-state index in [9.17, 15) is 0 Å². The van der Waals surface area contributed by atoms with Crippen molar-refractivity contribution in [3.05, 3.63) is 49.3 Å². The maximum atomic E-state index is 8.75. The molecule has 0 aromatic carbocycles. The van der Waals surface area contributed by atoms with Gasteiger partial charge in [0.2, 0.25) is 0 Å². The summed E-state index contributed by atoms with van der Waals surface area (Å²) in [6.07, 6.45) is 6.81. The summed E-state index contributed by atoms with van der Waals surface area (Å²) in [6, 6.07) is 0. The molecule has 0 aliphatic heterocycles. The molecule has 0 saturated heterocycles. The summed E-state index contributed by atoms with van der Waals surface area (Å²) < 4.78 is 4.88. The number of hydrogen-bond acceptors (Lipinski definition) is 3. The van der Waals surface area contributed by atoms with E-state index in [1.807, 2.05) is 0 Å². The van der Waals surface area contributed by atoms with Gasteiger partial charge in [-0.15, -0.1) is 19.7 Å². The number of allylic oxidation sites excluding steroid dienone is 4. The summed E-state index contributed by atoms with van der Waals surface area (Å²) in [6.45, 7) is 10.8. The van der Waals surface area contributed by atoms with Crippen molar-refractivity contribution in [2.75, 3.05) is 0 Å². The van der Waals surface area contributed by atoms with Gasteiger partial charge in [0.15, 0.2) is 0 Å². The standard InChI is InChI=1S/C11H17BO3/c1-4-7-10(8-5-2)11(9-6-3)15-12(13)14/h4-6,13-14H,1-3,7-9H2. The van der Waals surface area contributed by atoms with Gasteiger partial charge in [0.05, 0.1) is 5.76 Å². The highest BCUT2D eigenvalue weighted by Crippen LogP contribution is 2.19. The van der Waals surface area contributed by atoms with Crippen molar-refractivity contribution in [3.8, 4) is 0 Å². The minimum absolute atomic E-state index is 0.453. The molecule has 0 aliphatic rings. The van der Waals surface area contributed by atoms with E-state index in [0.717, 1.165) is 5.57 Å². The fourth-order valence-electron chi connectivity index (χ4n) is 1.19. The second-order valence-electron chi connectivity index (χ2n) is 2.95. The maximum absolute atomic E-state index is 8.75. The zero-order chi connectivity index (χ0) is 11.7. The lowest BCUT2D eigenvalue weighted by Crippen LogP contribution is -2.17. The van der Waals surface area contributed by atoms with Crippen LogP contribution in [-0.4, -0.2) is 17.4 Å². The van der Waals surface area contributed by atoms with E-state index in [1.54, 1.807) is 18.2 Å². The zero-order valence-corrected chi connectivity index (χ0v) is 8.85. The van der Waals surface area contributed by atoms with Crippen LogP contribution in [0.3, 0.4) is 0 Å². The molecule has 0 radical (unpaired) electrons. The summed E-state index contributed by atoms with van der Waals surface area (Å²) in [7, 11) is -1.80. The summed E-state index contributed by atoms with van der Waals surface area (Å²) in [5, 5.41) is 17.5. The second-order valence-corrected chi connectivity index (χ2v) is 2.95. The lowest BCUT2D eigenvalue weighted by atomic mass is 10.0. The third kappa shape index (κ3) is 5.94. The Morgan fingerprint density at radius 2 is 1.47 bits per heavy atom. The van der Waals surface area contributed by atoms with E-state index in [1.165, 1.54) is 0 Å². The first-order valence-corrected chi connectivity index (χ1v) is 4.72. The molecule has 0 rings (SSSR count). The first-order valence-electron chi connectivity index (χ1n) is 4.72. The minimum Gasteiger partial charge on any atom is -0.515 e. The monoisotopic (exact) mass is 208 g/mol. The third-order valence-corrected chi connectivity index (χ3v) is 1.75. The van der Waals surface area contributed by atoms with Gasteiger partial charge in [-0.25, -0.2) is 0 Å². The highest BCUT2D eigenvalue weighted by atomic mass is 16.6. The van der Waals surface area contributed by atoms with Crippen LogP contribution in [0.1, 0.15) is 19.3 Å². The molecule has 15 heavy (non-hydrogen) atoms. The molecule has 0 amide bonds. The Morgan fingerprint density at radius 1 is 1.00 bits per heavy atom. The zero-order valence-electron chi connectivity index (χ0n) is 8.85. The quantitative estimate of drug-likeness (QED) is 0.364. The Hall–Kier alpha value is -1.26. The van der Waals surface area contributed by atoms with Crippen molar-refractivity contribution in [1.82, 2.24) is 0 Å². The Morgan fingerprint density at radius 3 is 1.80 bits per heavy atom. The van der Waals surface area contributed by atoms with Crippen molar-refractivity contribution in [2.45, 2.75) is 19.3 Å². The Kier molecular flexibility index (Phi) is 7.41. The van der Waals surface area contributed by atoms with E-state index in [4.69, 9.17) is 14.7 Å². The van der Waals surface area contributed by atoms with Crippen LogP contribution in [0.4, 0.5) is 0 Å². The normalized spacial score (nSPS) is 8.93. The highest BCUT2D eigenvalue weighted by molar-refractivity contribution is 6.33.